The second-order valence-corrected chi connectivity index (χ2v) is 5.53. The van der Waals surface area contributed by atoms with Gasteiger partial charge in [-0.05, 0) is 31.0 Å². The Labute approximate surface area is 110 Å². The van der Waals surface area contributed by atoms with E-state index in [0.717, 1.165) is 4.88 Å². The number of hydrogen-bond acceptors (Lipinski definition) is 4. The third-order valence-electron chi connectivity index (χ3n) is 2.85. The van der Waals surface area contributed by atoms with Gasteiger partial charge in [0.1, 0.15) is 6.17 Å². The van der Waals surface area contributed by atoms with Gasteiger partial charge in [0.2, 0.25) is 0 Å². The summed E-state index contributed by atoms with van der Waals surface area (Å²) >= 11 is 1.71. The first-order valence-corrected chi connectivity index (χ1v) is 6.72. The van der Waals surface area contributed by atoms with Crippen LogP contribution in [0.25, 0.3) is 11.1 Å². The first-order chi connectivity index (χ1) is 8.74. The minimum atomic E-state index is 0.0302. The number of aliphatic imine (C=N–C) groups is 1. The van der Waals surface area contributed by atoms with Crippen LogP contribution in [0.3, 0.4) is 0 Å². The van der Waals surface area contributed by atoms with Gasteiger partial charge in [0, 0.05) is 4.88 Å². The first-order valence-electron chi connectivity index (χ1n) is 5.90. The third kappa shape index (κ3) is 2.05. The van der Waals surface area contributed by atoms with E-state index in [2.05, 4.69) is 47.7 Å². The summed E-state index contributed by atoms with van der Waals surface area (Å²) < 4.78 is 0. The molecule has 18 heavy (non-hydrogen) atoms. The van der Waals surface area contributed by atoms with Gasteiger partial charge < -0.3 is 4.84 Å². The average molecular weight is 258 g/mol. The average Bonchev–Trinajstić information content (AvgIpc) is 2.97. The van der Waals surface area contributed by atoms with Crippen molar-refractivity contribution in [3.05, 3.63) is 46.2 Å². The summed E-state index contributed by atoms with van der Waals surface area (Å²) in [5.74, 6) is 0.692. The van der Waals surface area contributed by atoms with E-state index in [9.17, 15) is 0 Å². The van der Waals surface area contributed by atoms with Crippen molar-refractivity contribution in [3.63, 3.8) is 0 Å². The largest absolute Gasteiger partial charge is 0.385 e. The van der Waals surface area contributed by atoms with E-state index in [-0.39, 0.29) is 6.17 Å². The minimum absolute atomic E-state index is 0.0302. The summed E-state index contributed by atoms with van der Waals surface area (Å²) in [7, 11) is 0. The van der Waals surface area contributed by atoms with Crippen molar-refractivity contribution in [2.45, 2.75) is 20.0 Å². The number of rotatable bonds is 2. The Kier molecular flexibility index (Phi) is 2.89. The number of nitrogens with zero attached hydrogens (tertiary/aromatic N) is 1. The van der Waals surface area contributed by atoms with Crippen LogP contribution in [0.5, 0.6) is 0 Å². The quantitative estimate of drug-likeness (QED) is 0.896. The van der Waals surface area contributed by atoms with Gasteiger partial charge in [-0.2, -0.15) is 0 Å². The summed E-state index contributed by atoms with van der Waals surface area (Å²) in [5, 5.41) is 0. The second-order valence-electron chi connectivity index (χ2n) is 4.28. The van der Waals surface area contributed by atoms with E-state index in [1.165, 1.54) is 16.0 Å². The molecule has 3 nitrogen and oxygen atoms in total. The van der Waals surface area contributed by atoms with Gasteiger partial charge in [-0.15, -0.1) is 16.8 Å². The molecule has 0 amide bonds. The Bertz CT molecular complexity index is 589. The van der Waals surface area contributed by atoms with Crippen molar-refractivity contribution >= 4 is 17.2 Å². The fourth-order valence-corrected chi connectivity index (χ4v) is 2.95. The van der Waals surface area contributed by atoms with E-state index < -0.39 is 0 Å². The molecular formula is C14H14N2OS. The maximum absolute atomic E-state index is 5.37. The molecule has 1 aromatic carbocycles. The lowest BCUT2D eigenvalue weighted by Gasteiger charge is -1.98. The molecule has 1 aliphatic rings. The molecule has 0 saturated carbocycles. The molecule has 1 atom stereocenters. The van der Waals surface area contributed by atoms with Crippen LogP contribution < -0.4 is 5.48 Å². The van der Waals surface area contributed by atoms with E-state index in [0.29, 0.717) is 5.90 Å². The summed E-state index contributed by atoms with van der Waals surface area (Å²) in [4.78, 5) is 12.1. The highest BCUT2D eigenvalue weighted by molar-refractivity contribution is 7.14. The number of hydroxylamine groups is 1. The predicted molar refractivity (Wildman–Crippen MR) is 74.7 cm³/mol. The fraction of sp³-hybridized carbons (Fsp3) is 0.214. The Morgan fingerprint density at radius 1 is 1.28 bits per heavy atom. The highest BCUT2D eigenvalue weighted by Gasteiger charge is 2.19. The number of hydrogen-bond donors (Lipinski definition) is 1. The first kappa shape index (κ1) is 11.4. The third-order valence-corrected chi connectivity index (χ3v) is 3.89. The Hall–Kier alpha value is -1.65. The predicted octanol–water partition coefficient (Wildman–Crippen LogP) is 3.35. The molecule has 0 spiro atoms. The van der Waals surface area contributed by atoms with Gasteiger partial charge in [-0.3, -0.25) is 0 Å². The van der Waals surface area contributed by atoms with Crippen molar-refractivity contribution in [3.8, 4) is 11.1 Å². The standard InChI is InChI=1S/C14H14N2OS/c1-9-12(11-6-4-3-5-7-11)8-13(18-9)14-15-10(2)16-17-14/h3-8,10,16H,1-2H3. The smallest absolute Gasteiger partial charge is 0.252 e. The van der Waals surface area contributed by atoms with Gasteiger partial charge in [-0.25, -0.2) is 4.99 Å². The monoisotopic (exact) mass is 258 g/mol. The van der Waals surface area contributed by atoms with Crippen molar-refractivity contribution in [1.29, 1.82) is 0 Å². The SMILES string of the molecule is Cc1sc(C2=NC(C)NO2)cc1-c1ccccc1. The van der Waals surface area contributed by atoms with Crippen molar-refractivity contribution in [2.75, 3.05) is 0 Å². The van der Waals surface area contributed by atoms with Crippen LogP contribution in [0.2, 0.25) is 0 Å². The minimum Gasteiger partial charge on any atom is -0.385 e. The Morgan fingerprint density at radius 2 is 2.06 bits per heavy atom. The van der Waals surface area contributed by atoms with Gasteiger partial charge in [0.05, 0.1) is 4.88 Å². The molecule has 1 aliphatic heterocycles. The molecule has 1 aromatic heterocycles. The number of benzene rings is 1. The van der Waals surface area contributed by atoms with Crippen LogP contribution >= 0.6 is 11.3 Å². The summed E-state index contributed by atoms with van der Waals surface area (Å²) in [6, 6.07) is 12.5. The normalized spacial score (nSPS) is 18.6. The lowest BCUT2D eigenvalue weighted by atomic mass is 10.1. The van der Waals surface area contributed by atoms with Crippen LogP contribution in [0, 0.1) is 6.92 Å². The number of thiophene rings is 1. The van der Waals surface area contributed by atoms with E-state index in [1.807, 2.05) is 13.0 Å². The van der Waals surface area contributed by atoms with Crippen LogP contribution in [-0.2, 0) is 4.84 Å². The zero-order valence-corrected chi connectivity index (χ0v) is 11.1. The number of nitrogens with one attached hydrogen (secondary N) is 1. The molecule has 0 fully saturated rings. The van der Waals surface area contributed by atoms with Crippen LogP contribution in [0.15, 0.2) is 41.4 Å². The molecule has 2 aromatic rings. The van der Waals surface area contributed by atoms with E-state index >= 15 is 0 Å². The molecule has 92 valence electrons. The molecule has 0 saturated heterocycles. The van der Waals surface area contributed by atoms with Crippen molar-refractivity contribution in [1.82, 2.24) is 5.48 Å². The molecule has 1 N–H and O–H groups in total. The lowest BCUT2D eigenvalue weighted by Crippen LogP contribution is -2.17. The van der Waals surface area contributed by atoms with E-state index in [4.69, 9.17) is 4.84 Å². The highest BCUT2D eigenvalue weighted by atomic mass is 32.1. The Balaban J connectivity index is 1.99. The van der Waals surface area contributed by atoms with Crippen LogP contribution in [-0.4, -0.2) is 12.1 Å². The zero-order chi connectivity index (χ0) is 12.5. The van der Waals surface area contributed by atoms with Crippen molar-refractivity contribution in [2.24, 2.45) is 4.99 Å². The number of aryl methyl sites for hydroxylation is 1. The summed E-state index contributed by atoms with van der Waals surface area (Å²) in [6.07, 6.45) is 0.0302. The van der Waals surface area contributed by atoms with Gasteiger partial charge in [0.15, 0.2) is 0 Å². The summed E-state index contributed by atoms with van der Waals surface area (Å²) in [5.41, 5.74) is 5.32. The Morgan fingerprint density at radius 3 is 2.72 bits per heavy atom. The lowest BCUT2D eigenvalue weighted by molar-refractivity contribution is 0.186. The van der Waals surface area contributed by atoms with Crippen molar-refractivity contribution < 1.29 is 4.84 Å². The fourth-order valence-electron chi connectivity index (χ4n) is 1.98. The molecule has 2 heterocycles. The van der Waals surface area contributed by atoms with E-state index in [1.54, 1.807) is 11.3 Å². The molecule has 1 unspecified atom stereocenters. The van der Waals surface area contributed by atoms with Gasteiger partial charge in [0.25, 0.3) is 5.90 Å². The highest BCUT2D eigenvalue weighted by Crippen LogP contribution is 2.31. The molecule has 0 aliphatic carbocycles. The maximum Gasteiger partial charge on any atom is 0.252 e. The molecule has 3 rings (SSSR count). The van der Waals surface area contributed by atoms with Gasteiger partial charge >= 0.3 is 0 Å². The maximum atomic E-state index is 5.37. The topological polar surface area (TPSA) is 33.6 Å². The summed E-state index contributed by atoms with van der Waals surface area (Å²) in [6.45, 7) is 4.09. The van der Waals surface area contributed by atoms with Crippen LogP contribution in [0.1, 0.15) is 16.7 Å². The molecule has 0 bridgehead atoms. The van der Waals surface area contributed by atoms with Gasteiger partial charge in [-0.1, -0.05) is 30.3 Å². The second kappa shape index (κ2) is 4.55. The zero-order valence-electron chi connectivity index (χ0n) is 10.3. The van der Waals surface area contributed by atoms with Crippen LogP contribution in [0.4, 0.5) is 0 Å². The molecular weight excluding hydrogens is 244 g/mol. The molecule has 4 heteroatoms. The molecule has 0 radical (unpaired) electrons.